The van der Waals surface area contributed by atoms with E-state index in [1.807, 2.05) is 47.9 Å². The molecule has 0 aromatic heterocycles. The molecule has 1 aliphatic heterocycles. The molecule has 0 bridgehead atoms. The summed E-state index contributed by atoms with van der Waals surface area (Å²) in [6, 6.07) is 7.51. The predicted octanol–water partition coefficient (Wildman–Crippen LogP) is 3.34. The van der Waals surface area contributed by atoms with Gasteiger partial charge >= 0.3 is 0 Å². The maximum atomic E-state index is 12.8. The second kappa shape index (κ2) is 8.56. The summed E-state index contributed by atoms with van der Waals surface area (Å²) >= 11 is 0. The molecule has 0 atom stereocenters. The third kappa shape index (κ3) is 4.57. The lowest BCUT2D eigenvalue weighted by Gasteiger charge is -2.23. The van der Waals surface area contributed by atoms with E-state index < -0.39 is 0 Å². The first-order valence-electron chi connectivity index (χ1n) is 9.89. The normalized spacial score (nSPS) is 18.9. The maximum absolute atomic E-state index is 12.8. The number of amides is 2. The highest BCUT2D eigenvalue weighted by molar-refractivity contribution is 5.94. The lowest BCUT2D eigenvalue weighted by atomic mass is 10.2. The van der Waals surface area contributed by atoms with Gasteiger partial charge in [-0.3, -0.25) is 9.59 Å². The summed E-state index contributed by atoms with van der Waals surface area (Å²) in [6.07, 6.45) is 5.89. The second-order valence-corrected chi connectivity index (χ2v) is 7.67. The van der Waals surface area contributed by atoms with Gasteiger partial charge in [0.05, 0.1) is 6.10 Å². The zero-order valence-corrected chi connectivity index (χ0v) is 15.9. The van der Waals surface area contributed by atoms with Crippen molar-refractivity contribution in [2.45, 2.75) is 52.1 Å². The van der Waals surface area contributed by atoms with Crippen LogP contribution in [0.25, 0.3) is 0 Å². The number of nitrogens with zero attached hydrogens (tertiary/aromatic N) is 2. The largest absolute Gasteiger partial charge is 0.490 e. The van der Waals surface area contributed by atoms with Gasteiger partial charge in [-0.2, -0.15) is 0 Å². The molecule has 3 rings (SSSR count). The number of carbonyl (C=O) groups excluding carboxylic acids is 2. The molecule has 0 spiro atoms. The Labute approximate surface area is 156 Å². The highest BCUT2D eigenvalue weighted by Gasteiger charge is 2.24. The van der Waals surface area contributed by atoms with Crippen LogP contribution in [0.5, 0.6) is 5.75 Å². The first kappa shape index (κ1) is 18.7. The Morgan fingerprint density at radius 3 is 2.19 bits per heavy atom. The molecule has 142 valence electrons. The van der Waals surface area contributed by atoms with Gasteiger partial charge < -0.3 is 14.5 Å². The zero-order chi connectivity index (χ0) is 18.5. The molecule has 5 heteroatoms. The van der Waals surface area contributed by atoms with E-state index in [0.29, 0.717) is 31.3 Å². The monoisotopic (exact) mass is 358 g/mol. The molecule has 1 aromatic carbocycles. The van der Waals surface area contributed by atoms with E-state index in [-0.39, 0.29) is 17.7 Å². The molecular formula is C21H30N2O3. The highest BCUT2D eigenvalue weighted by Crippen LogP contribution is 2.24. The Balaban J connectivity index is 1.57. The van der Waals surface area contributed by atoms with Crippen LogP contribution in [-0.2, 0) is 4.79 Å². The standard InChI is InChI=1S/C21H30N2O3/c1-16(2)20(24)22-12-5-13-23(15-14-22)21(25)17-8-10-19(11-9-17)26-18-6-3-4-7-18/h8-11,16,18H,3-7,12-15H2,1-2H3. The third-order valence-electron chi connectivity index (χ3n) is 5.29. The summed E-state index contributed by atoms with van der Waals surface area (Å²) in [5.41, 5.74) is 0.687. The smallest absolute Gasteiger partial charge is 0.253 e. The van der Waals surface area contributed by atoms with Gasteiger partial charge in [0.1, 0.15) is 5.75 Å². The molecule has 1 saturated carbocycles. The Bertz CT molecular complexity index is 621. The molecule has 0 N–H and O–H groups in total. The van der Waals surface area contributed by atoms with E-state index in [1.165, 1.54) is 12.8 Å². The minimum absolute atomic E-state index is 0.00432. The van der Waals surface area contributed by atoms with Crippen molar-refractivity contribution in [2.75, 3.05) is 26.2 Å². The molecule has 1 aliphatic carbocycles. The highest BCUT2D eigenvalue weighted by atomic mass is 16.5. The predicted molar refractivity (Wildman–Crippen MR) is 101 cm³/mol. The molecule has 0 radical (unpaired) electrons. The van der Waals surface area contributed by atoms with Crippen LogP contribution in [0.4, 0.5) is 0 Å². The molecule has 1 saturated heterocycles. The van der Waals surface area contributed by atoms with Gasteiger partial charge in [0.25, 0.3) is 5.91 Å². The number of rotatable bonds is 4. The van der Waals surface area contributed by atoms with Crippen LogP contribution in [0.15, 0.2) is 24.3 Å². The summed E-state index contributed by atoms with van der Waals surface area (Å²) in [5.74, 6) is 1.06. The minimum Gasteiger partial charge on any atom is -0.490 e. The molecule has 0 unspecified atom stereocenters. The van der Waals surface area contributed by atoms with E-state index in [9.17, 15) is 9.59 Å². The molecule has 1 aromatic rings. The summed E-state index contributed by atoms with van der Waals surface area (Å²) < 4.78 is 5.97. The zero-order valence-electron chi connectivity index (χ0n) is 15.9. The van der Waals surface area contributed by atoms with Crippen molar-refractivity contribution >= 4 is 11.8 Å². The summed E-state index contributed by atoms with van der Waals surface area (Å²) in [4.78, 5) is 28.7. The van der Waals surface area contributed by atoms with Crippen LogP contribution in [-0.4, -0.2) is 53.9 Å². The number of ether oxygens (including phenoxy) is 1. The Morgan fingerprint density at radius 1 is 0.923 bits per heavy atom. The first-order valence-corrected chi connectivity index (χ1v) is 9.89. The van der Waals surface area contributed by atoms with Crippen molar-refractivity contribution in [3.8, 4) is 5.75 Å². The van der Waals surface area contributed by atoms with Crippen molar-refractivity contribution < 1.29 is 14.3 Å². The topological polar surface area (TPSA) is 49.9 Å². The minimum atomic E-state index is 0.00432. The second-order valence-electron chi connectivity index (χ2n) is 7.67. The van der Waals surface area contributed by atoms with Gasteiger partial charge in [-0.05, 0) is 56.4 Å². The number of carbonyl (C=O) groups is 2. The fourth-order valence-corrected chi connectivity index (χ4v) is 3.76. The van der Waals surface area contributed by atoms with E-state index in [0.717, 1.165) is 31.6 Å². The van der Waals surface area contributed by atoms with Gasteiger partial charge in [-0.25, -0.2) is 0 Å². The lowest BCUT2D eigenvalue weighted by molar-refractivity contribution is -0.134. The average Bonchev–Trinajstić information content (AvgIpc) is 3.03. The molecule has 2 fully saturated rings. The number of hydrogen-bond donors (Lipinski definition) is 0. The van der Waals surface area contributed by atoms with Crippen LogP contribution in [0.2, 0.25) is 0 Å². The van der Waals surface area contributed by atoms with Crippen LogP contribution in [0, 0.1) is 5.92 Å². The van der Waals surface area contributed by atoms with Gasteiger partial charge in [0, 0.05) is 37.7 Å². The Kier molecular flexibility index (Phi) is 6.17. The third-order valence-corrected chi connectivity index (χ3v) is 5.29. The van der Waals surface area contributed by atoms with Crippen LogP contribution < -0.4 is 4.74 Å². The number of hydrogen-bond acceptors (Lipinski definition) is 3. The van der Waals surface area contributed by atoms with E-state index >= 15 is 0 Å². The lowest BCUT2D eigenvalue weighted by Crippen LogP contribution is -2.38. The summed E-state index contributed by atoms with van der Waals surface area (Å²) in [7, 11) is 0. The van der Waals surface area contributed by atoms with E-state index in [2.05, 4.69) is 0 Å². The summed E-state index contributed by atoms with van der Waals surface area (Å²) in [5, 5.41) is 0. The van der Waals surface area contributed by atoms with Gasteiger partial charge in [0.2, 0.25) is 5.91 Å². The molecule has 5 nitrogen and oxygen atoms in total. The number of benzene rings is 1. The molecule has 1 heterocycles. The van der Waals surface area contributed by atoms with Gasteiger partial charge in [-0.1, -0.05) is 13.8 Å². The van der Waals surface area contributed by atoms with Crippen LogP contribution in [0.3, 0.4) is 0 Å². The van der Waals surface area contributed by atoms with E-state index in [4.69, 9.17) is 4.74 Å². The fraction of sp³-hybridized carbons (Fsp3) is 0.619. The summed E-state index contributed by atoms with van der Waals surface area (Å²) in [6.45, 7) is 6.48. The fourth-order valence-electron chi connectivity index (χ4n) is 3.76. The molecule has 2 aliphatic rings. The Hall–Kier alpha value is -2.04. The van der Waals surface area contributed by atoms with Crippen molar-refractivity contribution in [2.24, 2.45) is 5.92 Å². The van der Waals surface area contributed by atoms with E-state index in [1.54, 1.807) is 0 Å². The molecule has 2 amide bonds. The van der Waals surface area contributed by atoms with Crippen molar-refractivity contribution in [1.29, 1.82) is 0 Å². The van der Waals surface area contributed by atoms with Gasteiger partial charge in [0.15, 0.2) is 0 Å². The molecular weight excluding hydrogens is 328 g/mol. The van der Waals surface area contributed by atoms with Crippen molar-refractivity contribution in [3.63, 3.8) is 0 Å². The molecule has 26 heavy (non-hydrogen) atoms. The van der Waals surface area contributed by atoms with Gasteiger partial charge in [-0.15, -0.1) is 0 Å². The van der Waals surface area contributed by atoms with Crippen LogP contribution in [0.1, 0.15) is 56.3 Å². The van der Waals surface area contributed by atoms with Crippen LogP contribution >= 0.6 is 0 Å². The van der Waals surface area contributed by atoms with Crippen molar-refractivity contribution in [1.82, 2.24) is 9.80 Å². The first-order chi connectivity index (χ1) is 12.5. The quantitative estimate of drug-likeness (QED) is 0.829. The Morgan fingerprint density at radius 2 is 1.54 bits per heavy atom. The van der Waals surface area contributed by atoms with Crippen molar-refractivity contribution in [3.05, 3.63) is 29.8 Å². The SMILES string of the molecule is CC(C)C(=O)N1CCCN(C(=O)c2ccc(OC3CCCC3)cc2)CC1. The maximum Gasteiger partial charge on any atom is 0.253 e. The average molecular weight is 358 g/mol.